The van der Waals surface area contributed by atoms with E-state index >= 15 is 0 Å². The predicted octanol–water partition coefficient (Wildman–Crippen LogP) is 1.59. The lowest BCUT2D eigenvalue weighted by molar-refractivity contribution is -0.121. The van der Waals surface area contributed by atoms with Gasteiger partial charge in [-0.25, -0.2) is 0 Å². The molecule has 1 saturated heterocycles. The van der Waals surface area contributed by atoms with Gasteiger partial charge in [0.2, 0.25) is 0 Å². The van der Waals surface area contributed by atoms with Gasteiger partial charge in [0.15, 0.2) is 12.6 Å². The van der Waals surface area contributed by atoms with Crippen LogP contribution in [-0.2, 0) is 4.79 Å². The number of anilines is 1. The Morgan fingerprint density at radius 3 is 2.93 bits per heavy atom. The number of nitrogens with one attached hydrogen (secondary N) is 2. The van der Waals surface area contributed by atoms with Crippen LogP contribution < -0.4 is 20.3 Å². The lowest BCUT2D eigenvalue weighted by atomic mass is 10.2. The third-order valence-electron chi connectivity index (χ3n) is 5.86. The molecule has 2 heterocycles. The van der Waals surface area contributed by atoms with Crippen LogP contribution in [0.15, 0.2) is 29.3 Å². The molecule has 0 radical (unpaired) electrons. The lowest BCUT2D eigenvalue weighted by Crippen LogP contribution is -2.46. The fraction of sp³-hybridized carbons (Fsp3) is 0.619. The molecule has 2 fully saturated rings. The van der Waals surface area contributed by atoms with E-state index in [2.05, 4.69) is 27.4 Å². The topological polar surface area (TPSA) is 69.2 Å². The standard InChI is InChI=1S/C21H31N5O2/c1-15-12-16(13-26(15)17-8-9-17)24-21(22-2)23-10-5-11-25-18-6-3-4-7-19(18)28-14-20(25)27/h3-4,6-7,15-17H,5,8-14H2,1-2H3,(H2,22,23,24). The molecule has 0 bridgehead atoms. The summed E-state index contributed by atoms with van der Waals surface area (Å²) in [5.74, 6) is 1.65. The first-order chi connectivity index (χ1) is 13.7. The molecule has 0 spiro atoms. The molecule has 1 aromatic carbocycles. The highest BCUT2D eigenvalue weighted by atomic mass is 16.5. The molecule has 152 valence electrons. The number of aliphatic imine (C=N–C) groups is 1. The molecule has 2 atom stereocenters. The maximum atomic E-state index is 12.2. The van der Waals surface area contributed by atoms with E-state index in [0.717, 1.165) is 49.4 Å². The smallest absolute Gasteiger partial charge is 0.265 e. The second kappa shape index (κ2) is 8.39. The van der Waals surface area contributed by atoms with Crippen LogP contribution in [0.25, 0.3) is 0 Å². The molecule has 2 aliphatic heterocycles. The third kappa shape index (κ3) is 4.24. The summed E-state index contributed by atoms with van der Waals surface area (Å²) >= 11 is 0. The minimum Gasteiger partial charge on any atom is -0.482 e. The van der Waals surface area contributed by atoms with Crippen molar-refractivity contribution in [3.05, 3.63) is 24.3 Å². The van der Waals surface area contributed by atoms with E-state index in [1.807, 2.05) is 36.2 Å². The fourth-order valence-corrected chi connectivity index (χ4v) is 4.31. The second-order valence-corrected chi connectivity index (χ2v) is 8.01. The van der Waals surface area contributed by atoms with Gasteiger partial charge in [0, 0.05) is 44.8 Å². The van der Waals surface area contributed by atoms with Gasteiger partial charge in [0.25, 0.3) is 5.91 Å². The molecule has 3 aliphatic rings. The zero-order chi connectivity index (χ0) is 19.5. The van der Waals surface area contributed by atoms with Crippen molar-refractivity contribution in [1.82, 2.24) is 15.5 Å². The van der Waals surface area contributed by atoms with E-state index < -0.39 is 0 Å². The van der Waals surface area contributed by atoms with Crippen molar-refractivity contribution in [3.8, 4) is 5.75 Å². The Morgan fingerprint density at radius 1 is 1.32 bits per heavy atom. The summed E-state index contributed by atoms with van der Waals surface area (Å²) in [5.41, 5.74) is 0.862. The highest BCUT2D eigenvalue weighted by Gasteiger charge is 2.38. The molecule has 1 aromatic rings. The number of rotatable bonds is 6. The van der Waals surface area contributed by atoms with E-state index in [9.17, 15) is 4.79 Å². The molecule has 7 nitrogen and oxygen atoms in total. The molecule has 1 amide bonds. The van der Waals surface area contributed by atoms with Gasteiger partial charge in [-0.05, 0) is 44.7 Å². The van der Waals surface area contributed by atoms with Gasteiger partial charge in [0.1, 0.15) is 5.75 Å². The first-order valence-corrected chi connectivity index (χ1v) is 10.4. The molecule has 7 heteroatoms. The molecule has 2 unspecified atom stereocenters. The number of hydrogen-bond acceptors (Lipinski definition) is 4. The summed E-state index contributed by atoms with van der Waals surface area (Å²) in [6.45, 7) is 4.98. The Bertz CT molecular complexity index is 733. The SMILES string of the molecule is CN=C(NCCCN1C(=O)COc2ccccc21)NC1CC(C)N(C2CC2)C1. The van der Waals surface area contributed by atoms with E-state index in [-0.39, 0.29) is 12.5 Å². The molecule has 4 rings (SSSR count). The second-order valence-electron chi connectivity index (χ2n) is 8.01. The van der Waals surface area contributed by atoms with E-state index in [0.29, 0.717) is 18.6 Å². The summed E-state index contributed by atoms with van der Waals surface area (Å²) in [6, 6.07) is 9.62. The normalized spacial score (nSPS) is 25.4. The molecule has 1 saturated carbocycles. The van der Waals surface area contributed by atoms with Crippen molar-refractivity contribution in [2.45, 2.75) is 50.7 Å². The highest BCUT2D eigenvalue weighted by Crippen LogP contribution is 2.33. The number of fused-ring (bicyclic) bond motifs is 1. The van der Waals surface area contributed by atoms with Crippen LogP contribution in [0.2, 0.25) is 0 Å². The molecule has 0 aromatic heterocycles. The zero-order valence-electron chi connectivity index (χ0n) is 16.9. The number of benzene rings is 1. The fourth-order valence-electron chi connectivity index (χ4n) is 4.31. The summed E-state index contributed by atoms with van der Waals surface area (Å²) < 4.78 is 5.50. The quantitative estimate of drug-likeness (QED) is 0.442. The molecule has 2 N–H and O–H groups in total. The van der Waals surface area contributed by atoms with Crippen molar-refractivity contribution >= 4 is 17.6 Å². The van der Waals surface area contributed by atoms with Gasteiger partial charge in [-0.2, -0.15) is 0 Å². The maximum Gasteiger partial charge on any atom is 0.265 e. The van der Waals surface area contributed by atoms with Crippen LogP contribution in [0, 0.1) is 0 Å². The van der Waals surface area contributed by atoms with Crippen LogP contribution in [0.5, 0.6) is 5.75 Å². The summed E-state index contributed by atoms with van der Waals surface area (Å²) in [5, 5.41) is 6.97. The minimum absolute atomic E-state index is 0.0151. The summed E-state index contributed by atoms with van der Waals surface area (Å²) in [7, 11) is 1.81. The number of amides is 1. The molecular formula is C21H31N5O2. The monoisotopic (exact) mass is 385 g/mol. The number of nitrogens with zero attached hydrogens (tertiary/aromatic N) is 3. The Hall–Kier alpha value is -2.28. The van der Waals surface area contributed by atoms with Crippen molar-refractivity contribution < 1.29 is 9.53 Å². The number of likely N-dealkylation sites (tertiary alicyclic amines) is 1. The van der Waals surface area contributed by atoms with Crippen LogP contribution in [-0.4, -0.2) is 68.2 Å². The highest BCUT2D eigenvalue weighted by molar-refractivity contribution is 5.97. The van der Waals surface area contributed by atoms with Gasteiger partial charge >= 0.3 is 0 Å². The van der Waals surface area contributed by atoms with Crippen molar-refractivity contribution in [2.24, 2.45) is 4.99 Å². The van der Waals surface area contributed by atoms with E-state index in [1.54, 1.807) is 0 Å². The van der Waals surface area contributed by atoms with Gasteiger partial charge < -0.3 is 20.3 Å². The number of ether oxygens (including phenoxy) is 1. The molecule has 28 heavy (non-hydrogen) atoms. The number of para-hydroxylation sites is 2. The van der Waals surface area contributed by atoms with Crippen molar-refractivity contribution in [2.75, 3.05) is 38.2 Å². The first kappa shape index (κ1) is 19.1. The summed E-state index contributed by atoms with van der Waals surface area (Å²) in [6.07, 6.45) is 4.72. The lowest BCUT2D eigenvalue weighted by Gasteiger charge is -2.29. The van der Waals surface area contributed by atoms with Gasteiger partial charge in [-0.1, -0.05) is 12.1 Å². The van der Waals surface area contributed by atoms with E-state index in [4.69, 9.17) is 4.74 Å². The van der Waals surface area contributed by atoms with Crippen LogP contribution in [0.4, 0.5) is 5.69 Å². The number of hydrogen-bond donors (Lipinski definition) is 2. The Morgan fingerprint density at radius 2 is 2.14 bits per heavy atom. The largest absolute Gasteiger partial charge is 0.482 e. The predicted molar refractivity (Wildman–Crippen MR) is 111 cm³/mol. The van der Waals surface area contributed by atoms with Gasteiger partial charge in [-0.15, -0.1) is 0 Å². The summed E-state index contributed by atoms with van der Waals surface area (Å²) in [4.78, 5) is 21.1. The maximum absolute atomic E-state index is 12.2. The van der Waals surface area contributed by atoms with E-state index in [1.165, 1.54) is 12.8 Å². The third-order valence-corrected chi connectivity index (χ3v) is 5.86. The average molecular weight is 386 g/mol. The zero-order valence-corrected chi connectivity index (χ0v) is 16.9. The van der Waals surface area contributed by atoms with Crippen molar-refractivity contribution in [1.29, 1.82) is 0 Å². The number of carbonyl (C=O) groups is 1. The van der Waals surface area contributed by atoms with Crippen molar-refractivity contribution in [3.63, 3.8) is 0 Å². The van der Waals surface area contributed by atoms with Gasteiger partial charge in [0.05, 0.1) is 5.69 Å². The van der Waals surface area contributed by atoms with Crippen LogP contribution in [0.1, 0.15) is 32.6 Å². The number of carbonyl (C=O) groups excluding carboxylic acids is 1. The Labute approximate surface area is 167 Å². The molecular weight excluding hydrogens is 354 g/mol. The average Bonchev–Trinajstić information content (AvgIpc) is 3.48. The Balaban J connectivity index is 1.23. The Kier molecular flexibility index (Phi) is 5.71. The molecule has 1 aliphatic carbocycles. The van der Waals surface area contributed by atoms with Gasteiger partial charge in [-0.3, -0.25) is 14.7 Å². The number of guanidine groups is 1. The minimum atomic E-state index is 0.0151. The first-order valence-electron chi connectivity index (χ1n) is 10.4. The van der Waals surface area contributed by atoms with Crippen LogP contribution >= 0.6 is 0 Å². The van der Waals surface area contributed by atoms with Crippen LogP contribution in [0.3, 0.4) is 0 Å².